The van der Waals surface area contributed by atoms with E-state index < -0.39 is 65.5 Å². The van der Waals surface area contributed by atoms with Gasteiger partial charge in [0.15, 0.2) is 0 Å². The number of nitro benzene ring substituents is 4. The van der Waals surface area contributed by atoms with Gasteiger partial charge >= 0.3 is 23.3 Å². The van der Waals surface area contributed by atoms with Gasteiger partial charge in [-0.3, -0.25) is 40.5 Å². The number of benzene rings is 4. The third kappa shape index (κ3) is 6.10. The fourth-order valence-electron chi connectivity index (χ4n) is 4.55. The summed E-state index contributed by atoms with van der Waals surface area (Å²) >= 11 is 0. The van der Waals surface area contributed by atoms with Crippen molar-refractivity contribution in [1.82, 2.24) is 9.97 Å². The van der Waals surface area contributed by atoms with E-state index in [2.05, 4.69) is 9.97 Å². The van der Waals surface area contributed by atoms with E-state index in [0.717, 1.165) is 50.6 Å². The van der Waals surface area contributed by atoms with E-state index >= 15 is 0 Å². The highest BCUT2D eigenvalue weighted by molar-refractivity contribution is 5.99. The van der Waals surface area contributed by atoms with Gasteiger partial charge in [0.05, 0.1) is 33.9 Å². The van der Waals surface area contributed by atoms with Crippen LogP contribution in [0.3, 0.4) is 0 Å². The summed E-state index contributed by atoms with van der Waals surface area (Å²) in [7, 11) is 2.05. The number of rotatable bonds is 6. The molecule has 8 bridgehead atoms. The molecule has 0 unspecified atom stereocenters. The molecule has 244 valence electrons. The maximum Gasteiger partial charge on any atom is 0.341 e. The van der Waals surface area contributed by atoms with Crippen LogP contribution in [0.15, 0.2) is 69.5 Å². The highest BCUT2D eigenvalue weighted by Crippen LogP contribution is 2.33. The minimum absolute atomic E-state index is 0.0214. The minimum Gasteiger partial charge on any atom is -0.465 e. The lowest BCUT2D eigenvalue weighted by Gasteiger charge is -2.05. The first-order valence-corrected chi connectivity index (χ1v) is 13.1. The van der Waals surface area contributed by atoms with E-state index in [0.29, 0.717) is 12.1 Å². The van der Waals surface area contributed by atoms with Crippen molar-refractivity contribution >= 4 is 79.1 Å². The summed E-state index contributed by atoms with van der Waals surface area (Å²) in [5.41, 5.74) is -6.43. The van der Waals surface area contributed by atoms with E-state index in [1.54, 1.807) is 0 Å². The number of nitro groups is 4. The van der Waals surface area contributed by atoms with Gasteiger partial charge in [-0.1, -0.05) is 0 Å². The lowest BCUT2D eigenvalue weighted by Crippen LogP contribution is -2.02. The molecule has 0 saturated carbocycles. The largest absolute Gasteiger partial charge is 0.465 e. The van der Waals surface area contributed by atoms with Gasteiger partial charge in [-0.25, -0.2) is 9.59 Å². The molecule has 0 amide bonds. The number of non-ortho nitro benzene ring substituents is 4. The molecular weight excluding hydrogens is 644 g/mol. The van der Waals surface area contributed by atoms with Crippen molar-refractivity contribution < 1.29 is 47.6 Å². The monoisotopic (exact) mass is 662 g/mol. The molecule has 0 radical (unpaired) electrons. The predicted molar refractivity (Wildman–Crippen MR) is 163 cm³/mol. The van der Waals surface area contributed by atoms with E-state index in [1.165, 1.54) is 12.1 Å². The number of aromatic amines is 2. The maximum atomic E-state index is 12.8. The van der Waals surface area contributed by atoms with Gasteiger partial charge in [0, 0.05) is 23.2 Å². The van der Waals surface area contributed by atoms with Crippen LogP contribution in [-0.2, 0) is 9.47 Å². The van der Waals surface area contributed by atoms with Crippen molar-refractivity contribution in [1.29, 1.82) is 0 Å². The van der Waals surface area contributed by atoms with Crippen molar-refractivity contribution in [3.8, 4) is 0 Å². The molecule has 0 aliphatic carbocycles. The average Bonchev–Trinajstić information content (AvgIpc) is 3.04. The average molecular weight is 662 g/mol. The lowest BCUT2D eigenvalue weighted by atomic mass is 10.2. The van der Waals surface area contributed by atoms with Crippen LogP contribution in [0.2, 0.25) is 0 Å². The molecule has 4 aromatic carbocycles. The fourth-order valence-corrected chi connectivity index (χ4v) is 4.55. The van der Waals surface area contributed by atoms with E-state index in [4.69, 9.17) is 18.3 Å². The number of ether oxygens (including phenoxy) is 2. The molecule has 0 fully saturated rings. The molecule has 48 heavy (non-hydrogen) atoms. The van der Waals surface area contributed by atoms with Crippen LogP contribution in [0.4, 0.5) is 22.7 Å². The second kappa shape index (κ2) is 12.5. The van der Waals surface area contributed by atoms with Gasteiger partial charge in [-0.05, 0) is 36.4 Å². The van der Waals surface area contributed by atoms with Gasteiger partial charge in [-0.15, -0.1) is 0 Å². The highest BCUT2D eigenvalue weighted by Gasteiger charge is 2.24. The number of aromatic nitrogens is 2. The number of carbonyl (C=O) groups is 2. The lowest BCUT2D eigenvalue weighted by molar-refractivity contribution is -0.392. The Hall–Kier alpha value is -7.38. The molecule has 20 heteroatoms. The van der Waals surface area contributed by atoms with Crippen molar-refractivity contribution in [3.05, 3.63) is 112 Å². The second-order valence-electron chi connectivity index (χ2n) is 9.56. The third-order valence-corrected chi connectivity index (χ3v) is 6.71. The van der Waals surface area contributed by atoms with Gasteiger partial charge in [0.1, 0.15) is 45.5 Å². The Bertz CT molecular complexity index is 2230. The Balaban J connectivity index is 2.12. The van der Waals surface area contributed by atoms with Gasteiger partial charge in [0.2, 0.25) is 11.2 Å². The highest BCUT2D eigenvalue weighted by atomic mass is 16.6. The van der Waals surface area contributed by atoms with Crippen molar-refractivity contribution in [2.75, 3.05) is 14.2 Å². The quantitative estimate of drug-likeness (QED) is 0.117. The maximum absolute atomic E-state index is 12.8. The Kier molecular flexibility index (Phi) is 8.37. The van der Waals surface area contributed by atoms with Crippen LogP contribution < -0.4 is 0 Å². The zero-order valence-electron chi connectivity index (χ0n) is 24.3. The number of nitrogens with zero attached hydrogens (tertiary/aromatic N) is 4. The van der Waals surface area contributed by atoms with Crippen LogP contribution >= 0.6 is 0 Å². The molecular formula is C28H18N6O14. The zero-order valence-corrected chi connectivity index (χ0v) is 24.3. The van der Waals surface area contributed by atoms with Gasteiger partial charge in [0.25, 0.3) is 11.4 Å². The summed E-state index contributed by atoms with van der Waals surface area (Å²) < 4.78 is 21.1. The molecule has 4 heterocycles. The van der Waals surface area contributed by atoms with Crippen LogP contribution in [-0.4, -0.2) is 55.8 Å². The summed E-state index contributed by atoms with van der Waals surface area (Å²) in [6, 6.07) is 10.1. The smallest absolute Gasteiger partial charge is 0.341 e. The minimum atomic E-state index is -1.01. The van der Waals surface area contributed by atoms with Crippen molar-refractivity contribution in [2.24, 2.45) is 0 Å². The van der Waals surface area contributed by atoms with Crippen molar-refractivity contribution in [2.45, 2.75) is 0 Å². The van der Waals surface area contributed by atoms with Crippen LogP contribution in [0.5, 0.6) is 0 Å². The number of methoxy groups -OCH3 is 2. The molecule has 4 aromatic heterocycles. The predicted octanol–water partition coefficient (Wildman–Crippen LogP) is 6.16. The number of H-pyrrole nitrogens is 2. The van der Waals surface area contributed by atoms with Crippen molar-refractivity contribution in [3.63, 3.8) is 0 Å². The molecule has 0 atom stereocenters. The SMILES string of the molecule is COC(=O)c1cc2ccc1oc1cc([nH]c3ccc(oc4cc([nH]2)c([N+](=O)[O-])cc4[N+](=O)[O-])c(C(=O)OC)c3)c([N+](=O)[O-])cc1[N+](=O)[O-]. The topological polar surface area (TPSA) is 283 Å². The van der Waals surface area contributed by atoms with E-state index in [9.17, 15) is 50.0 Å². The summed E-state index contributed by atoms with van der Waals surface area (Å²) in [5, 5.41) is 47.8. The molecule has 8 rings (SSSR count). The third-order valence-electron chi connectivity index (χ3n) is 6.71. The molecule has 0 aliphatic heterocycles. The van der Waals surface area contributed by atoms with E-state index in [-0.39, 0.29) is 44.4 Å². The zero-order chi connectivity index (χ0) is 34.9. The first-order chi connectivity index (χ1) is 22.8. The molecule has 0 spiro atoms. The summed E-state index contributed by atoms with van der Waals surface area (Å²) in [6.07, 6.45) is 0. The summed E-state index contributed by atoms with van der Waals surface area (Å²) in [6.45, 7) is 0. The first kappa shape index (κ1) is 32.0. The normalized spacial score (nSPS) is 10.7. The molecule has 0 saturated heterocycles. The summed E-state index contributed by atoms with van der Waals surface area (Å²) in [5.74, 6) is -2.02. The number of carbonyl (C=O) groups excluding carboxylic acids is 2. The Morgan fingerprint density at radius 3 is 1.21 bits per heavy atom. The van der Waals surface area contributed by atoms with Crippen LogP contribution in [0.25, 0.3) is 44.4 Å². The summed E-state index contributed by atoms with van der Waals surface area (Å²) in [4.78, 5) is 75.0. The Morgan fingerprint density at radius 1 is 0.542 bits per heavy atom. The number of nitrogens with one attached hydrogen (secondary N) is 2. The van der Waals surface area contributed by atoms with E-state index in [1.807, 2.05) is 0 Å². The number of hydrogen-bond acceptors (Lipinski definition) is 14. The number of esters is 2. The second-order valence-corrected chi connectivity index (χ2v) is 9.56. The number of hydrogen-bond donors (Lipinski definition) is 2. The fraction of sp³-hybridized carbons (Fsp3) is 0.0714. The van der Waals surface area contributed by atoms with Crippen LogP contribution in [0, 0.1) is 40.5 Å². The molecule has 20 nitrogen and oxygen atoms in total. The Morgan fingerprint density at radius 2 is 0.896 bits per heavy atom. The van der Waals surface area contributed by atoms with Crippen LogP contribution in [0.1, 0.15) is 20.7 Å². The van der Waals surface area contributed by atoms with Gasteiger partial charge in [-0.2, -0.15) is 0 Å². The standard InChI is InChI=1S/C28H18N6O14/c1-45-27(35)15-7-13-3-5-23(15)47-25-9-18(20(32(39)40)11-21(25)33(41)42)30-14-4-6-24(16(8-14)28(36)46-2)48-26-10-17(29-13)19(31(37)38)12-22(26)34(43)44/h3-12,29-30H,1-2H3. The Labute approximate surface area is 263 Å². The molecule has 0 aliphatic rings. The molecule has 2 N–H and O–H groups in total. The molecule has 8 aromatic rings. The van der Waals surface area contributed by atoms with Gasteiger partial charge < -0.3 is 28.3 Å². The first-order valence-electron chi connectivity index (χ1n) is 13.1.